The van der Waals surface area contributed by atoms with Crippen molar-refractivity contribution in [3.8, 4) is 0 Å². The van der Waals surface area contributed by atoms with E-state index in [-0.39, 0.29) is 18.2 Å². The van der Waals surface area contributed by atoms with Crippen molar-refractivity contribution in [3.63, 3.8) is 0 Å². The molecule has 2 rings (SSSR count). The molecule has 2 heterocycles. The van der Waals surface area contributed by atoms with Crippen LogP contribution in [0.1, 0.15) is 25.7 Å². The summed E-state index contributed by atoms with van der Waals surface area (Å²) in [6, 6.07) is 0.285. The zero-order valence-electron chi connectivity index (χ0n) is 13.4. The van der Waals surface area contributed by atoms with Crippen LogP contribution in [-0.2, 0) is 0 Å². The van der Waals surface area contributed by atoms with Crippen molar-refractivity contribution in [3.05, 3.63) is 0 Å². The van der Waals surface area contributed by atoms with E-state index in [1.165, 1.54) is 0 Å². The van der Waals surface area contributed by atoms with Crippen LogP contribution in [0.25, 0.3) is 0 Å². The first kappa shape index (κ1) is 16.5. The summed E-state index contributed by atoms with van der Waals surface area (Å²) < 4.78 is 0. The highest BCUT2D eigenvalue weighted by Crippen LogP contribution is 2.13. The van der Waals surface area contributed by atoms with Gasteiger partial charge in [0.2, 0.25) is 0 Å². The molecule has 2 amide bonds. The molecule has 0 aromatic rings. The second-order valence-corrected chi connectivity index (χ2v) is 6.61. The molecule has 2 fully saturated rings. The van der Waals surface area contributed by atoms with E-state index in [1.807, 2.05) is 0 Å². The van der Waals surface area contributed by atoms with Crippen molar-refractivity contribution in [1.29, 1.82) is 0 Å². The number of urea groups is 1. The lowest BCUT2D eigenvalue weighted by atomic mass is 10.0. The zero-order valence-corrected chi connectivity index (χ0v) is 13.4. The van der Waals surface area contributed by atoms with Gasteiger partial charge in [-0.1, -0.05) is 0 Å². The monoisotopic (exact) mass is 298 g/mol. The summed E-state index contributed by atoms with van der Waals surface area (Å²) in [6.07, 6.45) is 3.41. The van der Waals surface area contributed by atoms with Gasteiger partial charge in [0.05, 0.1) is 6.10 Å². The number of likely N-dealkylation sites (tertiary alicyclic amines) is 2. The average Bonchev–Trinajstić information content (AvgIpc) is 2.46. The van der Waals surface area contributed by atoms with E-state index in [9.17, 15) is 9.90 Å². The predicted octanol–water partition coefficient (Wildman–Crippen LogP) is 0.179. The van der Waals surface area contributed by atoms with Crippen LogP contribution in [0.15, 0.2) is 0 Å². The molecule has 0 aromatic carbocycles. The van der Waals surface area contributed by atoms with Gasteiger partial charge in [-0.05, 0) is 39.8 Å². The lowest BCUT2D eigenvalue weighted by Gasteiger charge is -2.35. The van der Waals surface area contributed by atoms with E-state index >= 15 is 0 Å². The molecule has 122 valence electrons. The minimum absolute atomic E-state index is 0.000455. The molecule has 0 radical (unpaired) electrons. The summed E-state index contributed by atoms with van der Waals surface area (Å²) in [6.45, 7) is 5.55. The molecule has 6 heteroatoms. The Balaban J connectivity index is 1.67. The fourth-order valence-corrected chi connectivity index (χ4v) is 3.05. The lowest BCUT2D eigenvalue weighted by Crippen LogP contribution is -2.52. The summed E-state index contributed by atoms with van der Waals surface area (Å²) in [7, 11) is 4.19. The summed E-state index contributed by atoms with van der Waals surface area (Å²) in [5.41, 5.74) is 0. The van der Waals surface area contributed by atoms with Crippen LogP contribution < -0.4 is 5.32 Å². The number of carbonyl (C=O) groups is 1. The van der Waals surface area contributed by atoms with Crippen LogP contribution in [0, 0.1) is 0 Å². The van der Waals surface area contributed by atoms with Gasteiger partial charge in [0.1, 0.15) is 0 Å². The van der Waals surface area contributed by atoms with Crippen LogP contribution in [0.4, 0.5) is 4.79 Å². The molecule has 2 saturated heterocycles. The van der Waals surface area contributed by atoms with Gasteiger partial charge < -0.3 is 25.1 Å². The third-order valence-corrected chi connectivity index (χ3v) is 4.46. The van der Waals surface area contributed by atoms with Gasteiger partial charge in [-0.15, -0.1) is 0 Å². The van der Waals surface area contributed by atoms with Crippen LogP contribution in [0.5, 0.6) is 0 Å². The number of hydrogen-bond acceptors (Lipinski definition) is 4. The Hall–Kier alpha value is -0.850. The number of nitrogens with one attached hydrogen (secondary N) is 1. The zero-order chi connectivity index (χ0) is 15.2. The van der Waals surface area contributed by atoms with Crippen LogP contribution in [0.2, 0.25) is 0 Å². The van der Waals surface area contributed by atoms with Gasteiger partial charge in [0.25, 0.3) is 0 Å². The largest absolute Gasteiger partial charge is 0.391 e. The van der Waals surface area contributed by atoms with E-state index in [2.05, 4.69) is 29.2 Å². The normalized spacial score (nSPS) is 25.3. The maximum Gasteiger partial charge on any atom is 0.317 e. The SMILES string of the molecule is CN(C)CCN1CCC(NC(=O)N2CCCC(O)C2)CC1. The predicted molar refractivity (Wildman–Crippen MR) is 83.4 cm³/mol. The Morgan fingerprint density at radius 1 is 1.24 bits per heavy atom. The number of aliphatic hydroxyl groups is 1. The number of likely N-dealkylation sites (N-methyl/N-ethyl adjacent to an activating group) is 1. The first-order valence-corrected chi connectivity index (χ1v) is 8.15. The van der Waals surface area contributed by atoms with Crippen LogP contribution >= 0.6 is 0 Å². The summed E-state index contributed by atoms with van der Waals surface area (Å²) in [4.78, 5) is 18.6. The number of carbonyl (C=O) groups excluding carboxylic acids is 1. The highest BCUT2D eigenvalue weighted by atomic mass is 16.3. The smallest absolute Gasteiger partial charge is 0.317 e. The highest BCUT2D eigenvalue weighted by Gasteiger charge is 2.25. The van der Waals surface area contributed by atoms with Crippen molar-refractivity contribution in [2.45, 2.75) is 37.8 Å². The van der Waals surface area contributed by atoms with Gasteiger partial charge in [0, 0.05) is 45.3 Å². The molecule has 0 bridgehead atoms. The number of aliphatic hydroxyl groups excluding tert-OH is 1. The van der Waals surface area contributed by atoms with E-state index < -0.39 is 0 Å². The average molecular weight is 298 g/mol. The molecular weight excluding hydrogens is 268 g/mol. The number of nitrogens with zero attached hydrogens (tertiary/aromatic N) is 3. The quantitative estimate of drug-likeness (QED) is 0.777. The minimum Gasteiger partial charge on any atom is -0.391 e. The van der Waals surface area contributed by atoms with Gasteiger partial charge >= 0.3 is 6.03 Å². The summed E-state index contributed by atoms with van der Waals surface area (Å²) in [5.74, 6) is 0. The Morgan fingerprint density at radius 2 is 1.95 bits per heavy atom. The van der Waals surface area contributed by atoms with Crippen molar-refractivity contribution >= 4 is 6.03 Å². The Labute approximate surface area is 128 Å². The molecule has 1 atom stereocenters. The summed E-state index contributed by atoms with van der Waals surface area (Å²) >= 11 is 0. The molecule has 2 N–H and O–H groups in total. The number of β-amino-alcohol motifs (C(OH)–C–C–N with tert-alkyl or cyclic N) is 1. The van der Waals surface area contributed by atoms with E-state index in [0.717, 1.165) is 58.4 Å². The van der Waals surface area contributed by atoms with Crippen LogP contribution in [-0.4, -0.2) is 91.3 Å². The van der Waals surface area contributed by atoms with Crippen LogP contribution in [0.3, 0.4) is 0 Å². The van der Waals surface area contributed by atoms with Crippen molar-refractivity contribution < 1.29 is 9.90 Å². The Bertz CT molecular complexity index is 330. The molecule has 2 aliphatic rings. The topological polar surface area (TPSA) is 59.0 Å². The molecule has 6 nitrogen and oxygen atoms in total. The molecule has 0 spiro atoms. The maximum atomic E-state index is 12.2. The molecule has 2 aliphatic heterocycles. The molecule has 0 aromatic heterocycles. The van der Waals surface area contributed by atoms with Gasteiger partial charge in [-0.2, -0.15) is 0 Å². The number of hydrogen-bond donors (Lipinski definition) is 2. The van der Waals surface area contributed by atoms with Gasteiger partial charge in [-0.25, -0.2) is 4.79 Å². The van der Waals surface area contributed by atoms with Gasteiger partial charge in [-0.3, -0.25) is 0 Å². The first-order chi connectivity index (χ1) is 10.0. The number of amides is 2. The molecule has 1 unspecified atom stereocenters. The van der Waals surface area contributed by atoms with Crippen molar-refractivity contribution in [2.24, 2.45) is 0 Å². The standard InChI is InChI=1S/C15H30N4O2/c1-17(2)10-11-18-8-5-13(6-9-18)16-15(21)19-7-3-4-14(20)12-19/h13-14,20H,3-12H2,1-2H3,(H,16,21). The maximum absolute atomic E-state index is 12.2. The molecule has 0 aliphatic carbocycles. The number of rotatable bonds is 4. The molecule has 0 saturated carbocycles. The van der Waals surface area contributed by atoms with Gasteiger partial charge in [0.15, 0.2) is 0 Å². The molecule has 21 heavy (non-hydrogen) atoms. The van der Waals surface area contributed by atoms with E-state index in [0.29, 0.717) is 6.54 Å². The van der Waals surface area contributed by atoms with E-state index in [4.69, 9.17) is 0 Å². The van der Waals surface area contributed by atoms with E-state index in [1.54, 1.807) is 4.90 Å². The Kier molecular flexibility index (Phi) is 6.26. The second-order valence-electron chi connectivity index (χ2n) is 6.61. The fourth-order valence-electron chi connectivity index (χ4n) is 3.05. The Morgan fingerprint density at radius 3 is 2.57 bits per heavy atom. The third kappa shape index (κ3) is 5.45. The van der Waals surface area contributed by atoms with Crippen molar-refractivity contribution in [2.75, 3.05) is 53.4 Å². The lowest BCUT2D eigenvalue weighted by molar-refractivity contribution is 0.0817. The first-order valence-electron chi connectivity index (χ1n) is 8.15. The number of piperidine rings is 2. The third-order valence-electron chi connectivity index (χ3n) is 4.46. The summed E-state index contributed by atoms with van der Waals surface area (Å²) in [5, 5.41) is 12.8. The fraction of sp³-hybridized carbons (Fsp3) is 0.933. The molecular formula is C15H30N4O2. The second kappa shape index (κ2) is 7.96. The minimum atomic E-state index is -0.350. The highest BCUT2D eigenvalue weighted by molar-refractivity contribution is 5.74. The van der Waals surface area contributed by atoms with Crippen molar-refractivity contribution in [1.82, 2.24) is 20.0 Å².